The Balaban J connectivity index is 1.83. The van der Waals surface area contributed by atoms with Crippen molar-refractivity contribution in [1.29, 1.82) is 0 Å². The second-order valence-corrected chi connectivity index (χ2v) is 7.46. The van der Waals surface area contributed by atoms with Crippen molar-refractivity contribution in [2.24, 2.45) is 0 Å². The lowest BCUT2D eigenvalue weighted by atomic mass is 9.85. The Bertz CT molecular complexity index is 688. The van der Waals surface area contributed by atoms with Gasteiger partial charge in [0.1, 0.15) is 5.75 Å². The predicted molar refractivity (Wildman–Crippen MR) is 99.5 cm³/mol. The van der Waals surface area contributed by atoms with Crippen molar-refractivity contribution < 1.29 is 14.3 Å². The number of carbonyl (C=O) groups is 2. The number of Topliss-reactive ketones (excluding diaryl/α,β-unsaturated/α-hetero) is 1. The lowest BCUT2D eigenvalue weighted by Gasteiger charge is -2.52. The zero-order chi connectivity index (χ0) is 18.1. The molecule has 3 aliphatic heterocycles. The average Bonchev–Trinajstić information content (AvgIpc) is 2.70. The summed E-state index contributed by atoms with van der Waals surface area (Å²) in [6.07, 6.45) is 6.43. The molecule has 1 aromatic rings. The van der Waals surface area contributed by atoms with Gasteiger partial charge in [-0.05, 0) is 43.9 Å². The van der Waals surface area contributed by atoms with Gasteiger partial charge in [0.2, 0.25) is 11.4 Å². The maximum Gasteiger partial charge on any atom is 0.268 e. The molecule has 4 rings (SSSR count). The number of fused-ring (bicyclic) bond motifs is 1. The van der Waals surface area contributed by atoms with Crippen molar-refractivity contribution in [3.8, 4) is 5.75 Å². The van der Waals surface area contributed by atoms with Crippen LogP contribution in [0.25, 0.3) is 0 Å². The van der Waals surface area contributed by atoms with Crippen LogP contribution in [-0.4, -0.2) is 60.4 Å². The van der Waals surface area contributed by atoms with E-state index in [0.717, 1.165) is 64.7 Å². The van der Waals surface area contributed by atoms with Crippen molar-refractivity contribution in [2.45, 2.75) is 44.2 Å². The van der Waals surface area contributed by atoms with E-state index in [1.54, 1.807) is 25.3 Å². The maximum absolute atomic E-state index is 13.8. The number of methoxy groups -OCH3 is 1. The monoisotopic (exact) mass is 357 g/mol. The van der Waals surface area contributed by atoms with Crippen LogP contribution >= 0.6 is 0 Å². The number of hydrogen-bond donors (Lipinski definition) is 1. The molecule has 0 spiro atoms. The minimum Gasteiger partial charge on any atom is -0.497 e. The molecule has 26 heavy (non-hydrogen) atoms. The Hall–Kier alpha value is -1.92. The van der Waals surface area contributed by atoms with Gasteiger partial charge in [0, 0.05) is 31.7 Å². The maximum atomic E-state index is 13.8. The molecule has 140 valence electrons. The number of nitrogens with one attached hydrogen (secondary N) is 1. The van der Waals surface area contributed by atoms with Gasteiger partial charge >= 0.3 is 0 Å². The zero-order valence-corrected chi connectivity index (χ0v) is 15.4. The summed E-state index contributed by atoms with van der Waals surface area (Å²) in [5.41, 5.74) is -0.0641. The molecule has 0 unspecified atom stereocenters. The van der Waals surface area contributed by atoms with Crippen LogP contribution in [0.5, 0.6) is 5.75 Å². The average molecular weight is 357 g/mol. The number of anilines is 1. The molecule has 0 saturated carbocycles. The van der Waals surface area contributed by atoms with Crippen LogP contribution in [0.15, 0.2) is 18.2 Å². The Morgan fingerprint density at radius 2 is 1.50 bits per heavy atom. The number of ketones is 1. The van der Waals surface area contributed by atoms with E-state index >= 15 is 0 Å². The SMILES string of the molecule is COc1ccc2c(c1)C(=O)C(N1CCCCC1)(N1CCCCC1)C(=O)N2. The van der Waals surface area contributed by atoms with Gasteiger partial charge in [-0.25, -0.2) is 0 Å². The highest BCUT2D eigenvalue weighted by Gasteiger charge is 2.58. The summed E-state index contributed by atoms with van der Waals surface area (Å²) < 4.78 is 5.32. The molecular formula is C20H27N3O3. The van der Waals surface area contributed by atoms with Crippen molar-refractivity contribution >= 4 is 17.4 Å². The molecule has 6 nitrogen and oxygen atoms in total. The first-order chi connectivity index (χ1) is 12.7. The zero-order valence-electron chi connectivity index (χ0n) is 15.4. The number of likely N-dealkylation sites (tertiary alicyclic amines) is 2. The lowest BCUT2D eigenvalue weighted by Crippen LogP contribution is -2.74. The molecule has 1 aromatic carbocycles. The number of piperidine rings is 2. The number of hydrogen-bond acceptors (Lipinski definition) is 5. The fourth-order valence-electron chi connectivity index (χ4n) is 4.66. The van der Waals surface area contributed by atoms with E-state index in [-0.39, 0.29) is 11.7 Å². The third kappa shape index (κ3) is 2.63. The van der Waals surface area contributed by atoms with Gasteiger partial charge in [-0.1, -0.05) is 12.8 Å². The number of carbonyl (C=O) groups excluding carboxylic acids is 2. The van der Waals surface area contributed by atoms with Gasteiger partial charge in [-0.15, -0.1) is 0 Å². The van der Waals surface area contributed by atoms with E-state index in [1.165, 1.54) is 0 Å². The standard InChI is InChI=1S/C20H27N3O3/c1-26-15-8-9-17-16(14-15)18(24)20(19(25)21-17,22-10-4-2-5-11-22)23-12-6-3-7-13-23/h8-9,14H,2-7,10-13H2,1H3,(H,21,25). The molecule has 0 aliphatic carbocycles. The minimum absolute atomic E-state index is 0.0982. The van der Waals surface area contributed by atoms with Gasteiger partial charge in [0.15, 0.2) is 0 Å². The predicted octanol–water partition coefficient (Wildman–Crippen LogP) is 2.50. The summed E-state index contributed by atoms with van der Waals surface area (Å²) in [6.45, 7) is 3.15. The van der Waals surface area contributed by atoms with E-state index in [2.05, 4.69) is 15.1 Å². The van der Waals surface area contributed by atoms with E-state index in [4.69, 9.17) is 4.74 Å². The van der Waals surface area contributed by atoms with Gasteiger partial charge in [-0.2, -0.15) is 0 Å². The number of amides is 1. The molecule has 2 fully saturated rings. The molecule has 0 atom stereocenters. The highest BCUT2D eigenvalue weighted by molar-refractivity contribution is 6.27. The highest BCUT2D eigenvalue weighted by Crippen LogP contribution is 2.38. The first-order valence-corrected chi connectivity index (χ1v) is 9.72. The number of rotatable bonds is 3. The van der Waals surface area contributed by atoms with Gasteiger partial charge in [-0.3, -0.25) is 19.4 Å². The van der Waals surface area contributed by atoms with Crippen molar-refractivity contribution in [1.82, 2.24) is 9.80 Å². The lowest BCUT2D eigenvalue weighted by molar-refractivity contribution is -0.140. The van der Waals surface area contributed by atoms with Crippen LogP contribution in [0.3, 0.4) is 0 Å². The van der Waals surface area contributed by atoms with Gasteiger partial charge < -0.3 is 10.1 Å². The smallest absolute Gasteiger partial charge is 0.268 e. The van der Waals surface area contributed by atoms with Gasteiger partial charge in [0.25, 0.3) is 5.91 Å². The van der Waals surface area contributed by atoms with Crippen LogP contribution < -0.4 is 10.1 Å². The molecule has 0 aromatic heterocycles. The number of ether oxygens (including phenoxy) is 1. The summed E-state index contributed by atoms with van der Waals surface area (Å²) in [7, 11) is 1.59. The Labute approximate surface area is 154 Å². The molecule has 3 aliphatic rings. The first kappa shape index (κ1) is 17.5. The normalized spacial score (nSPS) is 24.0. The van der Waals surface area contributed by atoms with Crippen LogP contribution in [0.4, 0.5) is 5.69 Å². The van der Waals surface area contributed by atoms with Crippen molar-refractivity contribution in [2.75, 3.05) is 38.6 Å². The largest absolute Gasteiger partial charge is 0.497 e. The van der Waals surface area contributed by atoms with E-state index in [0.29, 0.717) is 17.0 Å². The highest BCUT2D eigenvalue weighted by atomic mass is 16.5. The first-order valence-electron chi connectivity index (χ1n) is 9.72. The fourth-order valence-corrected chi connectivity index (χ4v) is 4.66. The molecule has 0 radical (unpaired) electrons. The summed E-state index contributed by atoms with van der Waals surface area (Å²) in [4.78, 5) is 31.5. The topological polar surface area (TPSA) is 61.9 Å². The molecule has 1 N–H and O–H groups in total. The van der Waals surface area contributed by atoms with Crippen LogP contribution in [-0.2, 0) is 4.79 Å². The summed E-state index contributed by atoms with van der Waals surface area (Å²) in [5.74, 6) is 0.349. The summed E-state index contributed by atoms with van der Waals surface area (Å²) in [6, 6.07) is 5.31. The number of nitrogens with zero attached hydrogens (tertiary/aromatic N) is 2. The summed E-state index contributed by atoms with van der Waals surface area (Å²) in [5, 5.41) is 3.03. The third-order valence-corrected chi connectivity index (χ3v) is 5.98. The minimum atomic E-state index is -1.21. The summed E-state index contributed by atoms with van der Waals surface area (Å²) >= 11 is 0. The van der Waals surface area contributed by atoms with Crippen molar-refractivity contribution in [3.63, 3.8) is 0 Å². The molecule has 0 bridgehead atoms. The van der Waals surface area contributed by atoms with Crippen LogP contribution in [0.1, 0.15) is 48.9 Å². The molecule has 6 heteroatoms. The molecule has 1 amide bonds. The third-order valence-electron chi connectivity index (χ3n) is 5.98. The van der Waals surface area contributed by atoms with Crippen LogP contribution in [0, 0.1) is 0 Å². The fraction of sp³-hybridized carbons (Fsp3) is 0.600. The molecule has 3 heterocycles. The Kier molecular flexibility index (Phi) is 4.71. The second-order valence-electron chi connectivity index (χ2n) is 7.46. The number of benzene rings is 1. The van der Waals surface area contributed by atoms with E-state index < -0.39 is 5.66 Å². The molecular weight excluding hydrogens is 330 g/mol. The molecule has 2 saturated heterocycles. The van der Waals surface area contributed by atoms with Crippen LogP contribution in [0.2, 0.25) is 0 Å². The van der Waals surface area contributed by atoms with Gasteiger partial charge in [0.05, 0.1) is 12.8 Å². The Morgan fingerprint density at radius 3 is 2.04 bits per heavy atom. The Morgan fingerprint density at radius 1 is 0.923 bits per heavy atom. The van der Waals surface area contributed by atoms with E-state index in [9.17, 15) is 9.59 Å². The quantitative estimate of drug-likeness (QED) is 0.842. The van der Waals surface area contributed by atoms with Crippen molar-refractivity contribution in [3.05, 3.63) is 23.8 Å². The van der Waals surface area contributed by atoms with E-state index in [1.807, 2.05) is 0 Å². The second kappa shape index (κ2) is 7.00.